The average Bonchev–Trinajstić information content (AvgIpc) is 2.47. The van der Waals surface area contributed by atoms with Gasteiger partial charge < -0.3 is 7.43 Å². The van der Waals surface area contributed by atoms with Gasteiger partial charge in [-0.05, 0) is 5.92 Å². The Morgan fingerprint density at radius 2 is 1.75 bits per heavy atom. The summed E-state index contributed by atoms with van der Waals surface area (Å²) >= 11 is 0. The van der Waals surface area contributed by atoms with Crippen LogP contribution in [-0.2, 0) is 26.2 Å². The standard InChI is InChI=1S/C14H17.CH3.Zr/c1-9(2)12-6-5-11(4)13-7-10(3)8-14(12)13;;/h5-9H,1-4H3;1H3;/q2*-1;+2. The zero-order valence-electron chi connectivity index (χ0n) is 10.9. The molecule has 2 aromatic carbocycles. The summed E-state index contributed by atoms with van der Waals surface area (Å²) < 4.78 is 0. The molecular formula is C15H20Zr. The van der Waals surface area contributed by atoms with Gasteiger partial charge in [-0.15, -0.1) is 34.0 Å². The van der Waals surface area contributed by atoms with Gasteiger partial charge >= 0.3 is 26.2 Å². The van der Waals surface area contributed by atoms with Gasteiger partial charge in [0.1, 0.15) is 0 Å². The van der Waals surface area contributed by atoms with Crippen molar-refractivity contribution in [1.29, 1.82) is 0 Å². The Morgan fingerprint density at radius 1 is 1.12 bits per heavy atom. The predicted octanol–water partition coefficient (Wildman–Crippen LogP) is 4.75. The van der Waals surface area contributed by atoms with E-state index in [1.807, 2.05) is 0 Å². The first-order valence-corrected chi connectivity index (χ1v) is 5.26. The molecule has 16 heavy (non-hydrogen) atoms. The summed E-state index contributed by atoms with van der Waals surface area (Å²) in [5, 5.41) is 2.87. The Bertz CT molecular complexity index is 463. The van der Waals surface area contributed by atoms with Crippen molar-refractivity contribution >= 4 is 10.8 Å². The van der Waals surface area contributed by atoms with Crippen LogP contribution < -0.4 is 0 Å². The summed E-state index contributed by atoms with van der Waals surface area (Å²) in [5.41, 5.74) is 4.23. The van der Waals surface area contributed by atoms with Crippen LogP contribution in [0.1, 0.15) is 36.5 Å². The third-order valence-corrected chi connectivity index (χ3v) is 2.90. The van der Waals surface area contributed by atoms with Gasteiger partial charge in [-0.2, -0.15) is 6.07 Å². The minimum absolute atomic E-state index is 0. The van der Waals surface area contributed by atoms with Crippen molar-refractivity contribution in [1.82, 2.24) is 0 Å². The van der Waals surface area contributed by atoms with E-state index in [2.05, 4.69) is 52.0 Å². The minimum Gasteiger partial charge on any atom is -0.358 e. The third-order valence-electron chi connectivity index (χ3n) is 2.90. The van der Waals surface area contributed by atoms with Gasteiger partial charge in [0, 0.05) is 0 Å². The van der Waals surface area contributed by atoms with E-state index in [1.54, 1.807) is 0 Å². The van der Waals surface area contributed by atoms with Crippen LogP contribution in [0.3, 0.4) is 0 Å². The molecule has 0 nitrogen and oxygen atoms in total. The summed E-state index contributed by atoms with van der Waals surface area (Å²) in [4.78, 5) is 0. The van der Waals surface area contributed by atoms with Crippen LogP contribution >= 0.6 is 0 Å². The van der Waals surface area contributed by atoms with E-state index < -0.39 is 0 Å². The van der Waals surface area contributed by atoms with Crippen LogP contribution in [-0.4, -0.2) is 0 Å². The summed E-state index contributed by atoms with van der Waals surface area (Å²) in [6.45, 7) is 8.87. The SMILES string of the molecule is Cc1cc2c(C(C)C)ccc(C)c2[cH-]1.[CH3-].[Zr+2]. The third kappa shape index (κ3) is 2.69. The molecule has 0 aromatic heterocycles. The molecule has 0 spiro atoms. The molecule has 0 N–H and O–H groups in total. The predicted molar refractivity (Wildman–Crippen MR) is 69.5 cm³/mol. The molecule has 2 rings (SSSR count). The monoisotopic (exact) mass is 290 g/mol. The quantitative estimate of drug-likeness (QED) is 0.665. The van der Waals surface area contributed by atoms with Gasteiger partial charge in [0.2, 0.25) is 0 Å². The van der Waals surface area contributed by atoms with Crippen molar-refractivity contribution in [2.75, 3.05) is 0 Å². The molecule has 84 valence electrons. The van der Waals surface area contributed by atoms with Gasteiger partial charge in [0.25, 0.3) is 0 Å². The fourth-order valence-electron chi connectivity index (χ4n) is 2.12. The number of fused-ring (bicyclic) bond motifs is 1. The second kappa shape index (κ2) is 5.87. The average molecular weight is 292 g/mol. The van der Waals surface area contributed by atoms with E-state index in [1.165, 1.54) is 27.5 Å². The first-order chi connectivity index (χ1) is 6.59. The zero-order valence-corrected chi connectivity index (χ0v) is 13.3. The first-order valence-electron chi connectivity index (χ1n) is 5.26. The molecule has 0 bridgehead atoms. The van der Waals surface area contributed by atoms with Gasteiger partial charge in [-0.25, -0.2) is 0 Å². The number of benzene rings is 1. The summed E-state index contributed by atoms with van der Waals surface area (Å²) in [7, 11) is 0. The van der Waals surface area contributed by atoms with Crippen LogP contribution in [0, 0.1) is 21.3 Å². The maximum atomic E-state index is 2.30. The Morgan fingerprint density at radius 3 is 2.31 bits per heavy atom. The molecule has 0 atom stereocenters. The van der Waals surface area contributed by atoms with Crippen LogP contribution in [0.5, 0.6) is 0 Å². The second-order valence-corrected chi connectivity index (χ2v) is 4.49. The van der Waals surface area contributed by atoms with Gasteiger partial charge in [-0.3, -0.25) is 0 Å². The molecule has 2 aromatic rings. The molecule has 0 amide bonds. The number of hydrogen-bond acceptors (Lipinski definition) is 0. The Balaban J connectivity index is 0.00000112. The van der Waals surface area contributed by atoms with E-state index >= 15 is 0 Å². The van der Waals surface area contributed by atoms with Crippen molar-refractivity contribution < 1.29 is 26.2 Å². The summed E-state index contributed by atoms with van der Waals surface area (Å²) in [5.74, 6) is 0.611. The van der Waals surface area contributed by atoms with Crippen molar-refractivity contribution in [3.8, 4) is 0 Å². The minimum atomic E-state index is 0. The van der Waals surface area contributed by atoms with E-state index in [-0.39, 0.29) is 33.6 Å². The van der Waals surface area contributed by atoms with E-state index in [0.717, 1.165) is 0 Å². The molecule has 1 heteroatoms. The van der Waals surface area contributed by atoms with E-state index in [9.17, 15) is 0 Å². The first kappa shape index (κ1) is 15.7. The number of hydrogen-bond donors (Lipinski definition) is 0. The van der Waals surface area contributed by atoms with Crippen molar-refractivity contribution in [3.63, 3.8) is 0 Å². The van der Waals surface area contributed by atoms with Crippen molar-refractivity contribution in [3.05, 3.63) is 48.4 Å². The van der Waals surface area contributed by atoms with Crippen LogP contribution in [0.2, 0.25) is 0 Å². The Labute approximate surface area is 119 Å². The normalized spacial score (nSPS) is 10.1. The van der Waals surface area contributed by atoms with Crippen LogP contribution in [0.25, 0.3) is 10.8 Å². The second-order valence-electron chi connectivity index (χ2n) is 4.49. The van der Waals surface area contributed by atoms with E-state index in [0.29, 0.717) is 5.92 Å². The molecule has 0 unspecified atom stereocenters. The molecule has 0 saturated heterocycles. The molecule has 0 radical (unpaired) electrons. The molecule has 0 aliphatic heterocycles. The molecular weight excluding hydrogens is 271 g/mol. The largest absolute Gasteiger partial charge is 2.00 e. The fourth-order valence-corrected chi connectivity index (χ4v) is 2.12. The summed E-state index contributed by atoms with van der Waals surface area (Å²) in [6.07, 6.45) is 0. The topological polar surface area (TPSA) is 0 Å². The molecule has 0 saturated carbocycles. The van der Waals surface area contributed by atoms with Crippen LogP contribution in [0.15, 0.2) is 24.3 Å². The number of rotatable bonds is 1. The molecule has 0 fully saturated rings. The smallest absolute Gasteiger partial charge is 0.358 e. The van der Waals surface area contributed by atoms with Gasteiger partial charge in [0.15, 0.2) is 0 Å². The Hall–Kier alpha value is -0.287. The molecule has 0 aliphatic rings. The zero-order chi connectivity index (χ0) is 10.3. The fraction of sp³-hybridized carbons (Fsp3) is 0.333. The van der Waals surface area contributed by atoms with Crippen LogP contribution in [0.4, 0.5) is 0 Å². The van der Waals surface area contributed by atoms with Crippen molar-refractivity contribution in [2.24, 2.45) is 0 Å². The molecule has 0 heterocycles. The maximum absolute atomic E-state index is 2.30. The number of aryl methyl sites for hydroxylation is 2. The molecule has 0 aliphatic carbocycles. The van der Waals surface area contributed by atoms with Gasteiger partial charge in [-0.1, -0.05) is 39.3 Å². The van der Waals surface area contributed by atoms with Crippen molar-refractivity contribution in [2.45, 2.75) is 33.6 Å². The summed E-state index contributed by atoms with van der Waals surface area (Å²) in [6, 6.07) is 9.09. The maximum Gasteiger partial charge on any atom is 2.00 e. The van der Waals surface area contributed by atoms with Gasteiger partial charge in [0.05, 0.1) is 0 Å². The Kier molecular flexibility index (Phi) is 5.76. The van der Waals surface area contributed by atoms with E-state index in [4.69, 9.17) is 0 Å².